The summed E-state index contributed by atoms with van der Waals surface area (Å²) in [5.41, 5.74) is 2.81. The molecule has 1 aliphatic rings. The van der Waals surface area contributed by atoms with E-state index in [9.17, 15) is 4.79 Å². The largest absolute Gasteiger partial charge is 0.355 e. The van der Waals surface area contributed by atoms with E-state index < -0.39 is 0 Å². The molecule has 2 aromatic heterocycles. The second kappa shape index (κ2) is 8.82. The van der Waals surface area contributed by atoms with Gasteiger partial charge in [-0.3, -0.25) is 9.78 Å². The molecule has 0 N–H and O–H groups in total. The van der Waals surface area contributed by atoms with E-state index in [1.807, 2.05) is 66.4 Å². The Kier molecular flexibility index (Phi) is 5.79. The molecule has 0 saturated carbocycles. The number of carbonyl (C=O) groups excluding carboxylic acids is 1. The number of pyridine rings is 1. The highest BCUT2D eigenvalue weighted by Gasteiger charge is 2.29. The molecule has 0 unspecified atom stereocenters. The van der Waals surface area contributed by atoms with Crippen LogP contribution >= 0.6 is 0 Å². The summed E-state index contributed by atoms with van der Waals surface area (Å²) in [7, 11) is 0. The van der Waals surface area contributed by atoms with Crippen LogP contribution in [0.25, 0.3) is 11.3 Å². The maximum atomic E-state index is 13.0. The maximum Gasteiger partial charge on any atom is 0.230 e. The molecule has 0 bridgehead atoms. The van der Waals surface area contributed by atoms with Gasteiger partial charge < -0.3 is 9.80 Å². The first kappa shape index (κ1) is 19.1. The molecular formula is C23H25N5O. The number of nitrogens with zero attached hydrogens (tertiary/aromatic N) is 5. The Morgan fingerprint density at radius 1 is 1.00 bits per heavy atom. The van der Waals surface area contributed by atoms with Gasteiger partial charge in [0.2, 0.25) is 5.91 Å². The topological polar surface area (TPSA) is 62.2 Å². The fourth-order valence-corrected chi connectivity index (χ4v) is 3.82. The fraction of sp³-hybridized carbons (Fsp3) is 0.304. The molecule has 29 heavy (non-hydrogen) atoms. The number of anilines is 2. The Morgan fingerprint density at radius 2 is 1.72 bits per heavy atom. The SMILES string of the molecule is CCN(C(=O)C1CCN(c2ccc(-c3ccncc3)nn2)CC1)c1ccccc1. The third kappa shape index (κ3) is 4.26. The number of amides is 1. The van der Waals surface area contributed by atoms with Gasteiger partial charge in [-0.15, -0.1) is 10.2 Å². The summed E-state index contributed by atoms with van der Waals surface area (Å²) < 4.78 is 0. The Balaban J connectivity index is 1.38. The van der Waals surface area contributed by atoms with E-state index in [0.29, 0.717) is 6.54 Å². The van der Waals surface area contributed by atoms with Crippen LogP contribution in [-0.2, 0) is 4.79 Å². The van der Waals surface area contributed by atoms with Gasteiger partial charge in [-0.05, 0) is 56.2 Å². The van der Waals surface area contributed by atoms with Gasteiger partial charge in [-0.2, -0.15) is 0 Å². The lowest BCUT2D eigenvalue weighted by Gasteiger charge is -2.34. The predicted octanol–water partition coefficient (Wildman–Crippen LogP) is 3.81. The quantitative estimate of drug-likeness (QED) is 0.666. The highest BCUT2D eigenvalue weighted by molar-refractivity contribution is 5.95. The van der Waals surface area contributed by atoms with Crippen molar-refractivity contribution in [1.82, 2.24) is 15.2 Å². The lowest BCUT2D eigenvalue weighted by molar-refractivity contribution is -0.122. The predicted molar refractivity (Wildman–Crippen MR) is 115 cm³/mol. The van der Waals surface area contributed by atoms with Crippen molar-refractivity contribution in [3.05, 3.63) is 67.0 Å². The van der Waals surface area contributed by atoms with E-state index >= 15 is 0 Å². The Hall–Kier alpha value is -3.28. The van der Waals surface area contributed by atoms with Gasteiger partial charge in [0, 0.05) is 49.2 Å². The van der Waals surface area contributed by atoms with Gasteiger partial charge in [0.25, 0.3) is 0 Å². The average Bonchev–Trinajstić information content (AvgIpc) is 2.81. The van der Waals surface area contributed by atoms with Gasteiger partial charge in [0.1, 0.15) is 0 Å². The summed E-state index contributed by atoms with van der Waals surface area (Å²) in [6, 6.07) is 17.8. The molecule has 0 atom stereocenters. The van der Waals surface area contributed by atoms with Crippen LogP contribution in [0.15, 0.2) is 67.0 Å². The molecule has 3 heterocycles. The summed E-state index contributed by atoms with van der Waals surface area (Å²) in [5, 5.41) is 8.77. The van der Waals surface area contributed by atoms with Gasteiger partial charge in [0.15, 0.2) is 5.82 Å². The normalized spacial score (nSPS) is 14.6. The van der Waals surface area contributed by atoms with Crippen molar-refractivity contribution in [3.8, 4) is 11.3 Å². The molecule has 4 rings (SSSR count). The van der Waals surface area contributed by atoms with E-state index in [4.69, 9.17) is 0 Å². The first-order chi connectivity index (χ1) is 14.3. The summed E-state index contributed by atoms with van der Waals surface area (Å²) in [5.74, 6) is 1.14. The molecule has 1 saturated heterocycles. The zero-order valence-corrected chi connectivity index (χ0v) is 16.6. The number of aromatic nitrogens is 3. The van der Waals surface area contributed by atoms with E-state index in [1.54, 1.807) is 12.4 Å². The number of para-hydroxylation sites is 1. The minimum atomic E-state index is 0.0513. The molecule has 6 nitrogen and oxygen atoms in total. The first-order valence-corrected chi connectivity index (χ1v) is 10.1. The number of benzene rings is 1. The molecule has 0 spiro atoms. The first-order valence-electron chi connectivity index (χ1n) is 10.1. The molecule has 1 amide bonds. The summed E-state index contributed by atoms with van der Waals surface area (Å²) in [6.45, 7) is 4.34. The highest BCUT2D eigenvalue weighted by atomic mass is 16.2. The zero-order valence-electron chi connectivity index (χ0n) is 16.6. The molecule has 1 fully saturated rings. The third-order valence-corrected chi connectivity index (χ3v) is 5.44. The van der Waals surface area contributed by atoms with Crippen LogP contribution < -0.4 is 9.80 Å². The van der Waals surface area contributed by atoms with Crippen molar-refractivity contribution in [1.29, 1.82) is 0 Å². The van der Waals surface area contributed by atoms with Crippen molar-refractivity contribution >= 4 is 17.4 Å². The van der Waals surface area contributed by atoms with E-state index in [1.165, 1.54) is 0 Å². The van der Waals surface area contributed by atoms with E-state index in [-0.39, 0.29) is 11.8 Å². The molecule has 0 aliphatic carbocycles. The van der Waals surface area contributed by atoms with Crippen molar-refractivity contribution in [2.75, 3.05) is 29.4 Å². The molecule has 6 heteroatoms. The molecular weight excluding hydrogens is 362 g/mol. The summed E-state index contributed by atoms with van der Waals surface area (Å²) >= 11 is 0. The monoisotopic (exact) mass is 387 g/mol. The number of rotatable bonds is 5. The molecule has 148 valence electrons. The van der Waals surface area contributed by atoms with Crippen molar-refractivity contribution in [2.45, 2.75) is 19.8 Å². The second-order valence-corrected chi connectivity index (χ2v) is 7.19. The number of carbonyl (C=O) groups is 1. The Bertz CT molecular complexity index is 923. The molecule has 1 aliphatic heterocycles. The maximum absolute atomic E-state index is 13.0. The van der Waals surface area contributed by atoms with Gasteiger partial charge >= 0.3 is 0 Å². The van der Waals surface area contributed by atoms with Crippen LogP contribution in [0.4, 0.5) is 11.5 Å². The average molecular weight is 387 g/mol. The van der Waals surface area contributed by atoms with Crippen LogP contribution in [0.1, 0.15) is 19.8 Å². The van der Waals surface area contributed by atoms with E-state index in [0.717, 1.165) is 48.7 Å². The lowest BCUT2D eigenvalue weighted by Crippen LogP contribution is -2.43. The smallest absolute Gasteiger partial charge is 0.230 e. The minimum absolute atomic E-state index is 0.0513. The van der Waals surface area contributed by atoms with Crippen LogP contribution in [0.3, 0.4) is 0 Å². The van der Waals surface area contributed by atoms with Crippen LogP contribution in [0.2, 0.25) is 0 Å². The zero-order chi connectivity index (χ0) is 20.1. The van der Waals surface area contributed by atoms with Crippen LogP contribution in [0.5, 0.6) is 0 Å². The molecule has 0 radical (unpaired) electrons. The van der Waals surface area contributed by atoms with Gasteiger partial charge in [0.05, 0.1) is 5.69 Å². The molecule has 3 aromatic rings. The number of piperidine rings is 1. The summed E-state index contributed by atoms with van der Waals surface area (Å²) in [6.07, 6.45) is 5.16. The van der Waals surface area contributed by atoms with Crippen LogP contribution in [-0.4, -0.2) is 40.7 Å². The highest BCUT2D eigenvalue weighted by Crippen LogP contribution is 2.26. The second-order valence-electron chi connectivity index (χ2n) is 7.19. The fourth-order valence-electron chi connectivity index (χ4n) is 3.82. The lowest BCUT2D eigenvalue weighted by atomic mass is 9.95. The minimum Gasteiger partial charge on any atom is -0.355 e. The van der Waals surface area contributed by atoms with Gasteiger partial charge in [-0.25, -0.2) is 0 Å². The number of hydrogen-bond donors (Lipinski definition) is 0. The number of hydrogen-bond acceptors (Lipinski definition) is 5. The van der Waals surface area contributed by atoms with E-state index in [2.05, 4.69) is 20.1 Å². The van der Waals surface area contributed by atoms with Gasteiger partial charge in [-0.1, -0.05) is 18.2 Å². The van der Waals surface area contributed by atoms with Crippen molar-refractivity contribution < 1.29 is 4.79 Å². The third-order valence-electron chi connectivity index (χ3n) is 5.44. The standard InChI is InChI=1S/C23H25N5O/c1-2-28(20-6-4-3-5-7-20)23(29)19-12-16-27(17-13-19)22-9-8-21(25-26-22)18-10-14-24-15-11-18/h3-11,14-15,19H,2,12-13,16-17H2,1H3. The molecule has 1 aromatic carbocycles. The Labute approximate surface area is 171 Å². The van der Waals surface area contributed by atoms with Crippen molar-refractivity contribution in [3.63, 3.8) is 0 Å². The summed E-state index contributed by atoms with van der Waals surface area (Å²) in [4.78, 5) is 21.2. The van der Waals surface area contributed by atoms with Crippen LogP contribution in [0, 0.1) is 5.92 Å². The van der Waals surface area contributed by atoms with Crippen molar-refractivity contribution in [2.24, 2.45) is 5.92 Å². The Morgan fingerprint density at radius 3 is 2.34 bits per heavy atom.